The second-order valence-corrected chi connectivity index (χ2v) is 5.58. The number of hydrogen-bond donors (Lipinski definition) is 1. The molecule has 0 aliphatic carbocycles. The van der Waals surface area contributed by atoms with Crippen molar-refractivity contribution in [1.29, 1.82) is 0 Å². The van der Waals surface area contributed by atoms with Crippen molar-refractivity contribution in [1.82, 2.24) is 20.3 Å². The Labute approximate surface area is 120 Å². The highest BCUT2D eigenvalue weighted by molar-refractivity contribution is 5.55. The third-order valence-electron chi connectivity index (χ3n) is 2.93. The van der Waals surface area contributed by atoms with E-state index in [0.29, 0.717) is 5.92 Å². The highest BCUT2D eigenvalue weighted by Gasteiger charge is 2.04. The molecule has 0 aliphatic heterocycles. The minimum Gasteiger partial charge on any atom is -0.312 e. The summed E-state index contributed by atoms with van der Waals surface area (Å²) < 4.78 is 0. The zero-order valence-electron chi connectivity index (χ0n) is 12.6. The molecule has 0 spiro atoms. The Bertz CT molecular complexity index is 541. The summed E-state index contributed by atoms with van der Waals surface area (Å²) in [7, 11) is 0. The van der Waals surface area contributed by atoms with Crippen LogP contribution in [0.25, 0.3) is 11.4 Å². The number of hydrogen-bond acceptors (Lipinski definition) is 4. The molecule has 2 heterocycles. The number of nitrogens with zero attached hydrogens (tertiary/aromatic N) is 3. The number of aryl methyl sites for hydroxylation is 2. The molecular weight excluding hydrogens is 248 g/mol. The Morgan fingerprint density at radius 3 is 2.20 bits per heavy atom. The van der Waals surface area contributed by atoms with E-state index in [2.05, 4.69) is 34.1 Å². The van der Waals surface area contributed by atoms with E-state index in [0.717, 1.165) is 41.4 Å². The lowest BCUT2D eigenvalue weighted by Crippen LogP contribution is -2.19. The third-order valence-corrected chi connectivity index (χ3v) is 2.93. The van der Waals surface area contributed by atoms with E-state index in [9.17, 15) is 0 Å². The molecule has 0 amide bonds. The molecule has 0 saturated carbocycles. The largest absolute Gasteiger partial charge is 0.312 e. The summed E-state index contributed by atoms with van der Waals surface area (Å²) in [6, 6.07) is 4.03. The predicted octanol–water partition coefficient (Wildman–Crippen LogP) is 2.90. The summed E-state index contributed by atoms with van der Waals surface area (Å²) in [4.78, 5) is 13.3. The maximum absolute atomic E-state index is 4.45. The van der Waals surface area contributed by atoms with E-state index in [1.165, 1.54) is 0 Å². The van der Waals surface area contributed by atoms with Gasteiger partial charge in [0.05, 0.1) is 0 Å². The Balaban J connectivity index is 2.07. The minimum atomic E-state index is 0.651. The molecular formula is C16H22N4. The maximum atomic E-state index is 4.45. The van der Waals surface area contributed by atoms with Crippen LogP contribution in [0.2, 0.25) is 0 Å². The first kappa shape index (κ1) is 14.6. The van der Waals surface area contributed by atoms with Crippen LogP contribution in [0.15, 0.2) is 24.5 Å². The van der Waals surface area contributed by atoms with Crippen molar-refractivity contribution in [3.05, 3.63) is 41.5 Å². The van der Waals surface area contributed by atoms with Gasteiger partial charge in [-0.2, -0.15) is 0 Å². The summed E-state index contributed by atoms with van der Waals surface area (Å²) in [5.41, 5.74) is 4.12. The number of pyridine rings is 1. The first-order chi connectivity index (χ1) is 9.54. The quantitative estimate of drug-likeness (QED) is 0.907. The Kier molecular flexibility index (Phi) is 4.79. The van der Waals surface area contributed by atoms with Crippen molar-refractivity contribution in [3.8, 4) is 11.4 Å². The van der Waals surface area contributed by atoms with Gasteiger partial charge in [0, 0.05) is 41.5 Å². The van der Waals surface area contributed by atoms with Gasteiger partial charge >= 0.3 is 0 Å². The van der Waals surface area contributed by atoms with Crippen molar-refractivity contribution in [2.24, 2.45) is 5.92 Å². The van der Waals surface area contributed by atoms with E-state index in [4.69, 9.17) is 0 Å². The summed E-state index contributed by atoms with van der Waals surface area (Å²) in [5, 5.41) is 3.39. The Morgan fingerprint density at radius 1 is 1.05 bits per heavy atom. The molecule has 106 valence electrons. The second-order valence-electron chi connectivity index (χ2n) is 5.58. The van der Waals surface area contributed by atoms with Crippen molar-refractivity contribution < 1.29 is 0 Å². The molecule has 0 aromatic carbocycles. The van der Waals surface area contributed by atoms with Crippen LogP contribution in [0.3, 0.4) is 0 Å². The van der Waals surface area contributed by atoms with E-state index >= 15 is 0 Å². The van der Waals surface area contributed by atoms with Crippen LogP contribution in [-0.2, 0) is 6.54 Å². The van der Waals surface area contributed by atoms with Crippen molar-refractivity contribution in [2.75, 3.05) is 6.54 Å². The van der Waals surface area contributed by atoms with Crippen LogP contribution in [-0.4, -0.2) is 21.5 Å². The fraction of sp³-hybridized carbons (Fsp3) is 0.438. The Hall–Kier alpha value is -1.81. The SMILES string of the molecule is Cc1cc(-c2ncc(CNCC(C)C)cn2)cc(C)n1. The number of aromatic nitrogens is 3. The Morgan fingerprint density at radius 2 is 1.65 bits per heavy atom. The van der Waals surface area contributed by atoms with Crippen LogP contribution in [0, 0.1) is 19.8 Å². The van der Waals surface area contributed by atoms with Gasteiger partial charge < -0.3 is 5.32 Å². The maximum Gasteiger partial charge on any atom is 0.159 e. The molecule has 0 fully saturated rings. The fourth-order valence-electron chi connectivity index (χ4n) is 2.06. The molecule has 4 nitrogen and oxygen atoms in total. The van der Waals surface area contributed by atoms with Crippen molar-refractivity contribution in [3.63, 3.8) is 0 Å². The molecule has 0 aliphatic rings. The van der Waals surface area contributed by atoms with Crippen LogP contribution in [0.1, 0.15) is 30.8 Å². The van der Waals surface area contributed by atoms with Crippen LogP contribution < -0.4 is 5.32 Å². The summed E-state index contributed by atoms with van der Waals surface area (Å²) in [5.74, 6) is 1.41. The van der Waals surface area contributed by atoms with Gasteiger partial charge in [-0.1, -0.05) is 13.8 Å². The molecule has 1 N–H and O–H groups in total. The molecule has 0 unspecified atom stereocenters. The molecule has 0 radical (unpaired) electrons. The lowest BCUT2D eigenvalue weighted by atomic mass is 10.2. The number of rotatable bonds is 5. The third kappa shape index (κ3) is 4.10. The first-order valence-electron chi connectivity index (χ1n) is 7.02. The van der Waals surface area contributed by atoms with Crippen molar-refractivity contribution in [2.45, 2.75) is 34.2 Å². The first-order valence-corrected chi connectivity index (χ1v) is 7.02. The minimum absolute atomic E-state index is 0.651. The molecule has 2 aromatic rings. The molecule has 2 rings (SSSR count). The zero-order chi connectivity index (χ0) is 14.5. The van der Waals surface area contributed by atoms with Gasteiger partial charge in [0.15, 0.2) is 5.82 Å². The van der Waals surface area contributed by atoms with E-state index in [1.54, 1.807) is 0 Å². The molecule has 2 aromatic heterocycles. The average molecular weight is 270 g/mol. The van der Waals surface area contributed by atoms with Gasteiger partial charge in [0.1, 0.15) is 0 Å². The van der Waals surface area contributed by atoms with Gasteiger partial charge in [0.2, 0.25) is 0 Å². The van der Waals surface area contributed by atoms with E-state index in [-0.39, 0.29) is 0 Å². The van der Waals surface area contributed by atoms with Crippen LogP contribution >= 0.6 is 0 Å². The normalized spacial score (nSPS) is 11.1. The van der Waals surface area contributed by atoms with Gasteiger partial charge in [-0.05, 0) is 38.4 Å². The summed E-state index contributed by atoms with van der Waals surface area (Å²) >= 11 is 0. The van der Waals surface area contributed by atoms with Crippen LogP contribution in [0.5, 0.6) is 0 Å². The molecule has 0 atom stereocenters. The van der Waals surface area contributed by atoms with Crippen molar-refractivity contribution >= 4 is 0 Å². The molecule has 0 saturated heterocycles. The smallest absolute Gasteiger partial charge is 0.159 e. The zero-order valence-corrected chi connectivity index (χ0v) is 12.6. The fourth-order valence-corrected chi connectivity index (χ4v) is 2.06. The van der Waals surface area contributed by atoms with Gasteiger partial charge in [-0.3, -0.25) is 4.98 Å². The molecule has 4 heteroatoms. The standard InChI is InChI=1S/C16H22N4/c1-11(2)7-17-8-14-9-18-16(19-10-14)15-5-12(3)20-13(4)6-15/h5-6,9-11,17H,7-8H2,1-4H3. The predicted molar refractivity (Wildman–Crippen MR) is 81.3 cm³/mol. The van der Waals surface area contributed by atoms with Gasteiger partial charge in [-0.15, -0.1) is 0 Å². The summed E-state index contributed by atoms with van der Waals surface area (Å²) in [6.45, 7) is 10.2. The van der Waals surface area contributed by atoms with Gasteiger partial charge in [-0.25, -0.2) is 9.97 Å². The monoisotopic (exact) mass is 270 g/mol. The number of nitrogens with one attached hydrogen (secondary N) is 1. The van der Waals surface area contributed by atoms with E-state index in [1.807, 2.05) is 38.4 Å². The lowest BCUT2D eigenvalue weighted by Gasteiger charge is -2.07. The molecule has 0 bridgehead atoms. The summed E-state index contributed by atoms with van der Waals surface area (Å²) in [6.07, 6.45) is 3.78. The molecule has 20 heavy (non-hydrogen) atoms. The lowest BCUT2D eigenvalue weighted by molar-refractivity contribution is 0.551. The van der Waals surface area contributed by atoms with E-state index < -0.39 is 0 Å². The second kappa shape index (κ2) is 6.57. The van der Waals surface area contributed by atoms with Crippen LogP contribution in [0.4, 0.5) is 0 Å². The highest BCUT2D eigenvalue weighted by atomic mass is 14.9. The average Bonchev–Trinajstić information content (AvgIpc) is 2.38. The van der Waals surface area contributed by atoms with Gasteiger partial charge in [0.25, 0.3) is 0 Å². The topological polar surface area (TPSA) is 50.7 Å². The highest BCUT2D eigenvalue weighted by Crippen LogP contribution is 2.16.